The van der Waals surface area contributed by atoms with E-state index in [0.29, 0.717) is 0 Å². The van der Waals surface area contributed by atoms with Gasteiger partial charge in [-0.3, -0.25) is 0 Å². The number of benzene rings is 3. The number of rotatable bonds is 8. The van der Waals surface area contributed by atoms with Gasteiger partial charge >= 0.3 is 0 Å². The van der Waals surface area contributed by atoms with E-state index in [1.165, 1.54) is 0 Å². The molecule has 0 saturated carbocycles. The fourth-order valence-electron chi connectivity index (χ4n) is 3.54. The molecule has 0 unspecified atom stereocenters. The molecule has 0 aliphatic heterocycles. The number of para-hydroxylation sites is 2. The highest BCUT2D eigenvalue weighted by Crippen LogP contribution is 2.39. The molecule has 4 heteroatoms. The highest BCUT2D eigenvalue weighted by atomic mass is 16.5. The van der Waals surface area contributed by atoms with Gasteiger partial charge in [-0.15, -0.1) is 0 Å². The summed E-state index contributed by atoms with van der Waals surface area (Å²) in [6, 6.07) is 22.3. The predicted molar refractivity (Wildman–Crippen MR) is 111 cm³/mol. The highest BCUT2D eigenvalue weighted by molar-refractivity contribution is 5.49. The summed E-state index contributed by atoms with van der Waals surface area (Å²) in [6.45, 7) is 0. The van der Waals surface area contributed by atoms with E-state index in [1.807, 2.05) is 48.5 Å². The maximum Gasteiger partial charge on any atom is 0.160 e. The highest BCUT2D eigenvalue weighted by Gasteiger charge is 2.22. The van der Waals surface area contributed by atoms with E-state index in [0.717, 1.165) is 46.1 Å². The molecule has 0 N–H and O–H groups in total. The zero-order chi connectivity index (χ0) is 19.9. The second-order valence-corrected chi connectivity index (χ2v) is 6.43. The van der Waals surface area contributed by atoms with E-state index < -0.39 is 0 Å². The van der Waals surface area contributed by atoms with Gasteiger partial charge in [-0.25, -0.2) is 0 Å². The fraction of sp³-hybridized carbons (Fsp3) is 0.250. The summed E-state index contributed by atoms with van der Waals surface area (Å²) < 4.78 is 22.2. The Labute approximate surface area is 166 Å². The van der Waals surface area contributed by atoms with Crippen LogP contribution < -0.4 is 18.9 Å². The third kappa shape index (κ3) is 4.06. The summed E-state index contributed by atoms with van der Waals surface area (Å²) >= 11 is 0. The van der Waals surface area contributed by atoms with Crippen molar-refractivity contribution in [3.05, 3.63) is 83.4 Å². The Balaban J connectivity index is 2.09. The molecule has 0 atom stereocenters. The molecule has 28 heavy (non-hydrogen) atoms. The lowest BCUT2D eigenvalue weighted by atomic mass is 9.85. The Bertz CT molecular complexity index is 872. The Kier molecular flexibility index (Phi) is 6.43. The molecule has 0 radical (unpaired) electrons. The molecule has 3 aromatic carbocycles. The Morgan fingerprint density at radius 1 is 0.571 bits per heavy atom. The topological polar surface area (TPSA) is 36.9 Å². The SMILES string of the molecule is COc1ccc(CC(c2ccccc2OC)c2ccccc2OC)cc1OC. The van der Waals surface area contributed by atoms with Crippen LogP contribution in [0.3, 0.4) is 0 Å². The van der Waals surface area contributed by atoms with Gasteiger partial charge in [-0.05, 0) is 36.2 Å². The minimum Gasteiger partial charge on any atom is -0.496 e. The fourth-order valence-corrected chi connectivity index (χ4v) is 3.54. The van der Waals surface area contributed by atoms with Crippen LogP contribution in [0.2, 0.25) is 0 Å². The third-order valence-corrected chi connectivity index (χ3v) is 4.92. The molecule has 146 valence electrons. The summed E-state index contributed by atoms with van der Waals surface area (Å²) in [4.78, 5) is 0. The van der Waals surface area contributed by atoms with Crippen LogP contribution >= 0.6 is 0 Å². The molecule has 4 nitrogen and oxygen atoms in total. The van der Waals surface area contributed by atoms with Crippen LogP contribution in [0, 0.1) is 0 Å². The van der Waals surface area contributed by atoms with E-state index in [2.05, 4.69) is 18.2 Å². The molecular weight excluding hydrogens is 352 g/mol. The van der Waals surface area contributed by atoms with E-state index in [9.17, 15) is 0 Å². The zero-order valence-electron chi connectivity index (χ0n) is 16.8. The van der Waals surface area contributed by atoms with Crippen molar-refractivity contribution in [2.45, 2.75) is 12.3 Å². The van der Waals surface area contributed by atoms with Gasteiger partial charge in [0, 0.05) is 17.0 Å². The van der Waals surface area contributed by atoms with Crippen molar-refractivity contribution in [3.63, 3.8) is 0 Å². The lowest BCUT2D eigenvalue weighted by Crippen LogP contribution is -2.09. The predicted octanol–water partition coefficient (Wildman–Crippen LogP) is 5.10. The molecule has 0 heterocycles. The first-order valence-corrected chi connectivity index (χ1v) is 9.18. The summed E-state index contributed by atoms with van der Waals surface area (Å²) in [5.74, 6) is 3.22. The lowest BCUT2D eigenvalue weighted by Gasteiger charge is -2.23. The average molecular weight is 378 g/mol. The van der Waals surface area contributed by atoms with E-state index in [1.54, 1.807) is 28.4 Å². The maximum atomic E-state index is 5.65. The van der Waals surface area contributed by atoms with Crippen LogP contribution in [0.15, 0.2) is 66.7 Å². The Hall–Kier alpha value is -3.14. The summed E-state index contributed by atoms with van der Waals surface area (Å²) in [5.41, 5.74) is 3.37. The smallest absolute Gasteiger partial charge is 0.160 e. The van der Waals surface area contributed by atoms with Gasteiger partial charge in [-0.1, -0.05) is 42.5 Å². The minimum atomic E-state index is 0.0606. The van der Waals surface area contributed by atoms with Gasteiger partial charge < -0.3 is 18.9 Å². The van der Waals surface area contributed by atoms with Gasteiger partial charge in [0.2, 0.25) is 0 Å². The largest absolute Gasteiger partial charge is 0.496 e. The number of hydrogen-bond acceptors (Lipinski definition) is 4. The quantitative estimate of drug-likeness (QED) is 0.547. The van der Waals surface area contributed by atoms with Crippen molar-refractivity contribution in [2.24, 2.45) is 0 Å². The molecule has 3 aromatic rings. The molecule has 3 rings (SSSR count). The summed E-state index contributed by atoms with van der Waals surface area (Å²) in [6.07, 6.45) is 0.765. The molecule has 0 bridgehead atoms. The normalized spacial score (nSPS) is 10.6. The van der Waals surface area contributed by atoms with E-state index in [4.69, 9.17) is 18.9 Å². The van der Waals surface area contributed by atoms with Gasteiger partial charge in [0.25, 0.3) is 0 Å². The van der Waals surface area contributed by atoms with Crippen LogP contribution in [-0.4, -0.2) is 28.4 Å². The molecular formula is C24H26O4. The van der Waals surface area contributed by atoms with Crippen LogP contribution in [-0.2, 0) is 6.42 Å². The van der Waals surface area contributed by atoms with Crippen molar-refractivity contribution >= 4 is 0 Å². The molecule has 0 aromatic heterocycles. The molecule has 0 amide bonds. The Morgan fingerprint density at radius 3 is 1.57 bits per heavy atom. The first-order valence-electron chi connectivity index (χ1n) is 9.18. The van der Waals surface area contributed by atoms with Crippen LogP contribution in [0.1, 0.15) is 22.6 Å². The number of ether oxygens (including phenoxy) is 4. The first-order chi connectivity index (χ1) is 13.7. The van der Waals surface area contributed by atoms with Crippen LogP contribution in [0.4, 0.5) is 0 Å². The monoisotopic (exact) mass is 378 g/mol. The minimum absolute atomic E-state index is 0.0606. The van der Waals surface area contributed by atoms with Gasteiger partial charge in [-0.2, -0.15) is 0 Å². The summed E-state index contributed by atoms with van der Waals surface area (Å²) in [5, 5.41) is 0. The van der Waals surface area contributed by atoms with Crippen molar-refractivity contribution in [2.75, 3.05) is 28.4 Å². The van der Waals surface area contributed by atoms with Gasteiger partial charge in [0.05, 0.1) is 28.4 Å². The maximum absolute atomic E-state index is 5.65. The van der Waals surface area contributed by atoms with Crippen molar-refractivity contribution in [3.8, 4) is 23.0 Å². The van der Waals surface area contributed by atoms with E-state index in [-0.39, 0.29) is 5.92 Å². The number of methoxy groups -OCH3 is 4. The molecule has 0 aliphatic rings. The third-order valence-electron chi connectivity index (χ3n) is 4.92. The van der Waals surface area contributed by atoms with Gasteiger partial charge in [0.1, 0.15) is 11.5 Å². The van der Waals surface area contributed by atoms with E-state index >= 15 is 0 Å². The average Bonchev–Trinajstić information content (AvgIpc) is 2.77. The summed E-state index contributed by atoms with van der Waals surface area (Å²) in [7, 11) is 6.70. The second-order valence-electron chi connectivity index (χ2n) is 6.43. The lowest BCUT2D eigenvalue weighted by molar-refractivity contribution is 0.354. The number of hydrogen-bond donors (Lipinski definition) is 0. The first kappa shape index (κ1) is 19.6. The molecule has 0 saturated heterocycles. The molecule has 0 fully saturated rings. The zero-order valence-corrected chi connectivity index (χ0v) is 16.8. The van der Waals surface area contributed by atoms with Crippen molar-refractivity contribution in [1.82, 2.24) is 0 Å². The van der Waals surface area contributed by atoms with Crippen LogP contribution in [0.25, 0.3) is 0 Å². The van der Waals surface area contributed by atoms with Crippen molar-refractivity contribution in [1.29, 1.82) is 0 Å². The second kappa shape index (κ2) is 9.18. The van der Waals surface area contributed by atoms with Gasteiger partial charge in [0.15, 0.2) is 11.5 Å². The van der Waals surface area contributed by atoms with Crippen molar-refractivity contribution < 1.29 is 18.9 Å². The molecule has 0 spiro atoms. The standard InChI is InChI=1S/C24H26O4/c1-25-21-11-7-5-9-18(21)20(19-10-6-8-12-22(19)26-2)15-17-13-14-23(27-3)24(16-17)28-4/h5-14,16,20H,15H2,1-4H3. The Morgan fingerprint density at radius 2 is 1.07 bits per heavy atom. The van der Waals surface area contributed by atoms with Crippen LogP contribution in [0.5, 0.6) is 23.0 Å². The molecule has 0 aliphatic carbocycles.